The molecule has 0 aromatic carbocycles. The maximum atomic E-state index is 5.46. The molecule has 0 amide bonds. The van der Waals surface area contributed by atoms with E-state index in [1.165, 1.54) is 5.69 Å². The van der Waals surface area contributed by atoms with E-state index in [-0.39, 0.29) is 0 Å². The first-order valence-electron chi connectivity index (χ1n) is 4.87. The average Bonchev–Trinajstić information content (AvgIpc) is 2.43. The maximum absolute atomic E-state index is 5.46. The van der Waals surface area contributed by atoms with Crippen molar-refractivity contribution in [3.05, 3.63) is 17.7 Å². The fourth-order valence-corrected chi connectivity index (χ4v) is 1.51. The van der Waals surface area contributed by atoms with Gasteiger partial charge >= 0.3 is 0 Å². The van der Waals surface area contributed by atoms with E-state index < -0.39 is 0 Å². The molecule has 74 valence electrons. The molecule has 0 bridgehead atoms. The van der Waals surface area contributed by atoms with Gasteiger partial charge in [-0.2, -0.15) is 0 Å². The van der Waals surface area contributed by atoms with Crippen molar-refractivity contribution in [2.75, 3.05) is 6.54 Å². The summed E-state index contributed by atoms with van der Waals surface area (Å²) in [5.41, 5.74) is 6.75. The van der Waals surface area contributed by atoms with Crippen LogP contribution in [0.4, 0.5) is 0 Å². The Kier molecular flexibility index (Phi) is 3.48. The summed E-state index contributed by atoms with van der Waals surface area (Å²) >= 11 is 0. The molecule has 1 heterocycles. The monoisotopic (exact) mass is 181 g/mol. The molecule has 1 rings (SSSR count). The first-order chi connectivity index (χ1) is 6.16. The van der Waals surface area contributed by atoms with Crippen molar-refractivity contribution in [1.82, 2.24) is 9.55 Å². The number of nitrogens with zero attached hydrogens (tertiary/aromatic N) is 2. The van der Waals surface area contributed by atoms with Crippen molar-refractivity contribution in [2.24, 2.45) is 12.8 Å². The van der Waals surface area contributed by atoms with Crippen LogP contribution < -0.4 is 5.73 Å². The molecule has 0 spiro atoms. The van der Waals surface area contributed by atoms with Crippen molar-refractivity contribution < 1.29 is 0 Å². The van der Waals surface area contributed by atoms with Gasteiger partial charge in [0.1, 0.15) is 5.82 Å². The molecule has 0 fully saturated rings. The second-order valence-corrected chi connectivity index (χ2v) is 3.71. The van der Waals surface area contributed by atoms with Crippen LogP contribution in [-0.2, 0) is 13.5 Å². The van der Waals surface area contributed by atoms with Gasteiger partial charge in [0.15, 0.2) is 0 Å². The third-order valence-electron chi connectivity index (χ3n) is 2.27. The lowest BCUT2D eigenvalue weighted by atomic mass is 10.2. The van der Waals surface area contributed by atoms with Gasteiger partial charge in [-0.3, -0.25) is 0 Å². The van der Waals surface area contributed by atoms with E-state index in [1.807, 2.05) is 6.20 Å². The Hall–Kier alpha value is -0.830. The van der Waals surface area contributed by atoms with Gasteiger partial charge < -0.3 is 10.3 Å². The third-order valence-corrected chi connectivity index (χ3v) is 2.27. The van der Waals surface area contributed by atoms with Crippen molar-refractivity contribution >= 4 is 0 Å². The Balaban J connectivity index is 2.74. The summed E-state index contributed by atoms with van der Waals surface area (Å²) in [5.74, 6) is 1.66. The van der Waals surface area contributed by atoms with Crippen LogP contribution >= 0.6 is 0 Å². The highest BCUT2D eigenvalue weighted by Crippen LogP contribution is 2.14. The van der Waals surface area contributed by atoms with Gasteiger partial charge in [-0.15, -0.1) is 0 Å². The molecule has 0 atom stereocenters. The van der Waals surface area contributed by atoms with Gasteiger partial charge in [0, 0.05) is 24.9 Å². The van der Waals surface area contributed by atoms with E-state index in [0.29, 0.717) is 5.92 Å². The highest BCUT2D eigenvalue weighted by Gasteiger charge is 2.08. The molecular formula is C10H19N3. The van der Waals surface area contributed by atoms with Gasteiger partial charge in [-0.1, -0.05) is 13.8 Å². The van der Waals surface area contributed by atoms with Crippen LogP contribution in [0.5, 0.6) is 0 Å². The Labute approximate surface area is 80.0 Å². The largest absolute Gasteiger partial charge is 0.335 e. The van der Waals surface area contributed by atoms with Gasteiger partial charge in [-0.25, -0.2) is 4.98 Å². The predicted molar refractivity (Wildman–Crippen MR) is 54.7 cm³/mol. The van der Waals surface area contributed by atoms with Crippen molar-refractivity contribution in [2.45, 2.75) is 32.6 Å². The van der Waals surface area contributed by atoms with Crippen LogP contribution in [0.1, 0.15) is 37.7 Å². The zero-order chi connectivity index (χ0) is 9.84. The molecule has 0 aliphatic carbocycles. The molecule has 0 radical (unpaired) electrons. The summed E-state index contributed by atoms with van der Waals surface area (Å²) in [6, 6.07) is 0. The lowest BCUT2D eigenvalue weighted by Gasteiger charge is -2.07. The molecule has 2 N–H and O–H groups in total. The smallest absolute Gasteiger partial charge is 0.111 e. The fraction of sp³-hybridized carbons (Fsp3) is 0.700. The fourth-order valence-electron chi connectivity index (χ4n) is 1.51. The Bertz CT molecular complexity index is 263. The maximum Gasteiger partial charge on any atom is 0.111 e. The standard InChI is InChI=1S/C10H19N3/c1-8(2)10-12-7-9(13(10)3)5-4-6-11/h7-8H,4-6,11H2,1-3H3. The zero-order valence-electron chi connectivity index (χ0n) is 8.75. The molecule has 1 aromatic rings. The molecule has 0 saturated carbocycles. The van der Waals surface area contributed by atoms with Gasteiger partial charge in [0.2, 0.25) is 0 Å². The minimum absolute atomic E-state index is 0.497. The summed E-state index contributed by atoms with van der Waals surface area (Å²) in [4.78, 5) is 4.39. The quantitative estimate of drug-likeness (QED) is 0.763. The number of nitrogens with two attached hydrogens (primary N) is 1. The Morgan fingerprint density at radius 3 is 2.69 bits per heavy atom. The van der Waals surface area contributed by atoms with Crippen LogP contribution in [0, 0.1) is 0 Å². The van der Waals surface area contributed by atoms with Crippen LogP contribution in [0.25, 0.3) is 0 Å². The average molecular weight is 181 g/mol. The van der Waals surface area contributed by atoms with E-state index in [1.54, 1.807) is 0 Å². The van der Waals surface area contributed by atoms with E-state index in [0.717, 1.165) is 25.2 Å². The molecule has 0 aliphatic rings. The van der Waals surface area contributed by atoms with Gasteiger partial charge in [0.25, 0.3) is 0 Å². The summed E-state index contributed by atoms with van der Waals surface area (Å²) < 4.78 is 2.18. The number of imidazole rings is 1. The molecule has 3 heteroatoms. The van der Waals surface area contributed by atoms with E-state index in [2.05, 4.69) is 30.4 Å². The molecule has 0 aliphatic heterocycles. The molecule has 3 nitrogen and oxygen atoms in total. The van der Waals surface area contributed by atoms with E-state index >= 15 is 0 Å². The van der Waals surface area contributed by atoms with Crippen LogP contribution in [-0.4, -0.2) is 16.1 Å². The number of hydrogen-bond acceptors (Lipinski definition) is 2. The van der Waals surface area contributed by atoms with E-state index in [9.17, 15) is 0 Å². The normalized spacial score (nSPS) is 11.2. The molecule has 1 aromatic heterocycles. The first kappa shape index (κ1) is 10.3. The number of aromatic nitrogens is 2. The first-order valence-corrected chi connectivity index (χ1v) is 4.87. The Morgan fingerprint density at radius 2 is 2.23 bits per heavy atom. The predicted octanol–water partition coefficient (Wildman–Crippen LogP) is 1.43. The topological polar surface area (TPSA) is 43.8 Å². The highest BCUT2D eigenvalue weighted by molar-refractivity contribution is 5.07. The second kappa shape index (κ2) is 4.42. The van der Waals surface area contributed by atoms with Crippen molar-refractivity contribution in [3.8, 4) is 0 Å². The second-order valence-electron chi connectivity index (χ2n) is 3.71. The third kappa shape index (κ3) is 2.31. The lowest BCUT2D eigenvalue weighted by molar-refractivity contribution is 0.676. The van der Waals surface area contributed by atoms with Crippen LogP contribution in [0.2, 0.25) is 0 Å². The minimum atomic E-state index is 0.497. The van der Waals surface area contributed by atoms with Gasteiger partial charge in [0.05, 0.1) is 0 Å². The lowest BCUT2D eigenvalue weighted by Crippen LogP contribution is -2.06. The minimum Gasteiger partial charge on any atom is -0.335 e. The molecule has 13 heavy (non-hydrogen) atoms. The molecule has 0 saturated heterocycles. The van der Waals surface area contributed by atoms with E-state index in [4.69, 9.17) is 5.73 Å². The van der Waals surface area contributed by atoms with Crippen LogP contribution in [0.3, 0.4) is 0 Å². The summed E-state index contributed by atoms with van der Waals surface area (Å²) in [6.07, 6.45) is 4.04. The summed E-state index contributed by atoms with van der Waals surface area (Å²) in [5, 5.41) is 0. The number of rotatable bonds is 4. The van der Waals surface area contributed by atoms with Crippen LogP contribution in [0.15, 0.2) is 6.20 Å². The molecule has 0 unspecified atom stereocenters. The number of aryl methyl sites for hydroxylation is 1. The van der Waals surface area contributed by atoms with Gasteiger partial charge in [-0.05, 0) is 19.4 Å². The molecular weight excluding hydrogens is 162 g/mol. The Morgan fingerprint density at radius 1 is 1.54 bits per heavy atom. The summed E-state index contributed by atoms with van der Waals surface area (Å²) in [7, 11) is 2.08. The highest BCUT2D eigenvalue weighted by atomic mass is 15.1. The van der Waals surface area contributed by atoms with Crippen molar-refractivity contribution in [1.29, 1.82) is 0 Å². The SMILES string of the molecule is CC(C)c1ncc(CCCN)n1C. The summed E-state index contributed by atoms with van der Waals surface area (Å²) in [6.45, 7) is 5.08. The number of hydrogen-bond donors (Lipinski definition) is 1. The zero-order valence-corrected chi connectivity index (χ0v) is 8.75. The van der Waals surface area contributed by atoms with Crippen molar-refractivity contribution in [3.63, 3.8) is 0 Å².